The molecular formula is C8H16N4. The molecule has 0 aliphatic heterocycles. The Bertz CT molecular complexity index is 241. The number of nitrogens with one attached hydrogen (secondary N) is 1. The number of likely N-dealkylation sites (N-methyl/N-ethyl adjacent to an activating group) is 1. The standard InChI is InChI=1S/C8H16N4/c1-4-12-7(2)8(10-11-12)5-6-9-3/h9H,4-6H2,1-3H3. The molecule has 0 amide bonds. The van der Waals surface area contributed by atoms with Gasteiger partial charge in [0.25, 0.3) is 0 Å². The fourth-order valence-corrected chi connectivity index (χ4v) is 1.17. The lowest BCUT2D eigenvalue weighted by Gasteiger charge is -1.98. The maximum atomic E-state index is 4.10. The summed E-state index contributed by atoms with van der Waals surface area (Å²) in [5.74, 6) is 0. The van der Waals surface area contributed by atoms with Crippen molar-refractivity contribution in [2.24, 2.45) is 0 Å². The van der Waals surface area contributed by atoms with Crippen LogP contribution in [0.2, 0.25) is 0 Å². The average molecular weight is 168 g/mol. The molecule has 0 aromatic carbocycles. The van der Waals surface area contributed by atoms with E-state index >= 15 is 0 Å². The quantitative estimate of drug-likeness (QED) is 0.706. The van der Waals surface area contributed by atoms with E-state index in [0.29, 0.717) is 0 Å². The van der Waals surface area contributed by atoms with Gasteiger partial charge in [0.2, 0.25) is 0 Å². The lowest BCUT2D eigenvalue weighted by atomic mass is 10.2. The molecule has 0 saturated carbocycles. The van der Waals surface area contributed by atoms with Crippen molar-refractivity contribution >= 4 is 0 Å². The van der Waals surface area contributed by atoms with Crippen molar-refractivity contribution in [1.29, 1.82) is 0 Å². The first kappa shape index (κ1) is 9.19. The molecule has 1 N–H and O–H groups in total. The second-order valence-corrected chi connectivity index (χ2v) is 2.79. The topological polar surface area (TPSA) is 42.7 Å². The molecule has 68 valence electrons. The Kier molecular flexibility index (Phi) is 3.22. The third-order valence-electron chi connectivity index (χ3n) is 1.99. The minimum atomic E-state index is 0.901. The van der Waals surface area contributed by atoms with Gasteiger partial charge in [-0.25, -0.2) is 4.68 Å². The number of hydrogen-bond acceptors (Lipinski definition) is 3. The van der Waals surface area contributed by atoms with Crippen LogP contribution in [0.4, 0.5) is 0 Å². The minimum Gasteiger partial charge on any atom is -0.319 e. The molecule has 0 spiro atoms. The van der Waals surface area contributed by atoms with Crippen molar-refractivity contribution in [1.82, 2.24) is 20.3 Å². The van der Waals surface area contributed by atoms with Crippen molar-refractivity contribution in [2.45, 2.75) is 26.8 Å². The van der Waals surface area contributed by atoms with Gasteiger partial charge in [-0.3, -0.25) is 0 Å². The van der Waals surface area contributed by atoms with Crippen LogP contribution in [0.25, 0.3) is 0 Å². The zero-order valence-electron chi connectivity index (χ0n) is 7.96. The monoisotopic (exact) mass is 168 g/mol. The van der Waals surface area contributed by atoms with E-state index in [2.05, 4.69) is 29.5 Å². The maximum absolute atomic E-state index is 4.10. The zero-order valence-corrected chi connectivity index (χ0v) is 7.96. The van der Waals surface area contributed by atoms with Gasteiger partial charge in [-0.1, -0.05) is 5.21 Å². The Morgan fingerprint density at radius 1 is 1.50 bits per heavy atom. The van der Waals surface area contributed by atoms with E-state index in [0.717, 1.165) is 25.2 Å². The third-order valence-corrected chi connectivity index (χ3v) is 1.99. The van der Waals surface area contributed by atoms with E-state index in [-0.39, 0.29) is 0 Å². The predicted molar refractivity (Wildman–Crippen MR) is 48.1 cm³/mol. The first-order valence-electron chi connectivity index (χ1n) is 4.33. The molecule has 4 nitrogen and oxygen atoms in total. The van der Waals surface area contributed by atoms with E-state index in [1.807, 2.05) is 11.7 Å². The van der Waals surface area contributed by atoms with Gasteiger partial charge in [-0.05, 0) is 20.9 Å². The van der Waals surface area contributed by atoms with E-state index in [9.17, 15) is 0 Å². The van der Waals surface area contributed by atoms with Crippen molar-refractivity contribution in [3.05, 3.63) is 11.4 Å². The third kappa shape index (κ3) is 1.82. The summed E-state index contributed by atoms with van der Waals surface area (Å²) in [5, 5.41) is 11.2. The summed E-state index contributed by atoms with van der Waals surface area (Å²) < 4.78 is 1.92. The van der Waals surface area contributed by atoms with Gasteiger partial charge >= 0.3 is 0 Å². The average Bonchev–Trinajstić information content (AvgIpc) is 2.43. The largest absolute Gasteiger partial charge is 0.319 e. The molecule has 1 aromatic rings. The molecule has 1 aromatic heterocycles. The Balaban J connectivity index is 2.66. The molecule has 12 heavy (non-hydrogen) atoms. The van der Waals surface area contributed by atoms with Gasteiger partial charge in [-0.2, -0.15) is 0 Å². The summed E-state index contributed by atoms with van der Waals surface area (Å²) in [7, 11) is 1.94. The molecule has 0 aliphatic rings. The summed E-state index contributed by atoms with van der Waals surface area (Å²) in [6.45, 7) is 6.00. The summed E-state index contributed by atoms with van der Waals surface area (Å²) in [6, 6.07) is 0. The zero-order chi connectivity index (χ0) is 8.97. The molecule has 1 heterocycles. The van der Waals surface area contributed by atoms with Crippen molar-refractivity contribution in [3.8, 4) is 0 Å². The van der Waals surface area contributed by atoms with Crippen LogP contribution in [0, 0.1) is 6.92 Å². The lowest BCUT2D eigenvalue weighted by molar-refractivity contribution is 0.611. The summed E-state index contributed by atoms with van der Waals surface area (Å²) in [4.78, 5) is 0. The number of aromatic nitrogens is 3. The van der Waals surface area contributed by atoms with Gasteiger partial charge in [0.05, 0.1) is 11.4 Å². The fraction of sp³-hybridized carbons (Fsp3) is 0.750. The van der Waals surface area contributed by atoms with E-state index in [1.54, 1.807) is 0 Å². The fourth-order valence-electron chi connectivity index (χ4n) is 1.17. The Hall–Kier alpha value is -0.900. The van der Waals surface area contributed by atoms with Gasteiger partial charge in [0.1, 0.15) is 0 Å². The smallest absolute Gasteiger partial charge is 0.0868 e. The van der Waals surface area contributed by atoms with Gasteiger partial charge < -0.3 is 5.32 Å². The second kappa shape index (κ2) is 4.21. The number of rotatable bonds is 4. The van der Waals surface area contributed by atoms with Crippen LogP contribution < -0.4 is 5.32 Å². The van der Waals surface area contributed by atoms with E-state index in [1.165, 1.54) is 5.69 Å². The molecule has 0 atom stereocenters. The highest BCUT2D eigenvalue weighted by molar-refractivity contribution is 5.07. The van der Waals surface area contributed by atoms with Crippen molar-refractivity contribution < 1.29 is 0 Å². The molecule has 0 fully saturated rings. The van der Waals surface area contributed by atoms with Crippen LogP contribution in [-0.2, 0) is 13.0 Å². The van der Waals surface area contributed by atoms with Crippen molar-refractivity contribution in [2.75, 3.05) is 13.6 Å². The highest BCUT2D eigenvalue weighted by Crippen LogP contribution is 2.03. The Labute approximate surface area is 73.0 Å². The first-order chi connectivity index (χ1) is 5.79. The molecule has 4 heteroatoms. The second-order valence-electron chi connectivity index (χ2n) is 2.79. The Morgan fingerprint density at radius 3 is 2.75 bits per heavy atom. The summed E-state index contributed by atoms with van der Waals surface area (Å²) in [5.41, 5.74) is 2.29. The van der Waals surface area contributed by atoms with Crippen LogP contribution in [0.3, 0.4) is 0 Å². The van der Waals surface area contributed by atoms with Gasteiger partial charge in [0.15, 0.2) is 0 Å². The van der Waals surface area contributed by atoms with E-state index < -0.39 is 0 Å². The van der Waals surface area contributed by atoms with Gasteiger partial charge in [-0.15, -0.1) is 5.10 Å². The number of aryl methyl sites for hydroxylation is 1. The molecule has 0 radical (unpaired) electrons. The molecule has 0 aliphatic carbocycles. The summed E-state index contributed by atoms with van der Waals surface area (Å²) in [6.07, 6.45) is 0.961. The first-order valence-corrected chi connectivity index (χ1v) is 4.33. The van der Waals surface area contributed by atoms with Crippen LogP contribution in [0.5, 0.6) is 0 Å². The molecule has 0 bridgehead atoms. The highest BCUT2D eigenvalue weighted by atomic mass is 15.4. The van der Waals surface area contributed by atoms with Crippen LogP contribution in [0.15, 0.2) is 0 Å². The number of hydrogen-bond donors (Lipinski definition) is 1. The van der Waals surface area contributed by atoms with Crippen LogP contribution in [-0.4, -0.2) is 28.6 Å². The normalized spacial score (nSPS) is 10.6. The number of nitrogens with zero attached hydrogens (tertiary/aromatic N) is 3. The highest BCUT2D eigenvalue weighted by Gasteiger charge is 2.05. The minimum absolute atomic E-state index is 0.901. The molecule has 0 unspecified atom stereocenters. The van der Waals surface area contributed by atoms with Crippen molar-refractivity contribution in [3.63, 3.8) is 0 Å². The SMILES string of the molecule is CCn1nnc(CCNC)c1C. The predicted octanol–water partition coefficient (Wildman–Crippen LogP) is 0.368. The van der Waals surface area contributed by atoms with Crippen LogP contribution in [0.1, 0.15) is 18.3 Å². The summed E-state index contributed by atoms with van der Waals surface area (Å²) >= 11 is 0. The molecule has 1 rings (SSSR count). The van der Waals surface area contributed by atoms with E-state index in [4.69, 9.17) is 0 Å². The molecular weight excluding hydrogens is 152 g/mol. The van der Waals surface area contributed by atoms with Crippen LogP contribution >= 0.6 is 0 Å². The Morgan fingerprint density at radius 2 is 2.25 bits per heavy atom. The van der Waals surface area contributed by atoms with Gasteiger partial charge in [0, 0.05) is 19.5 Å². The lowest BCUT2D eigenvalue weighted by Crippen LogP contribution is -2.11. The molecule has 0 saturated heterocycles. The maximum Gasteiger partial charge on any atom is 0.0868 e.